The van der Waals surface area contributed by atoms with E-state index in [1.165, 1.54) is 18.5 Å². The van der Waals surface area contributed by atoms with Crippen molar-refractivity contribution in [1.82, 2.24) is 4.90 Å². The van der Waals surface area contributed by atoms with Crippen LogP contribution in [0.2, 0.25) is 0 Å². The van der Waals surface area contributed by atoms with E-state index in [0.717, 1.165) is 44.0 Å². The fourth-order valence-electron chi connectivity index (χ4n) is 4.28. The highest BCUT2D eigenvalue weighted by Gasteiger charge is 2.40. The van der Waals surface area contributed by atoms with Crippen molar-refractivity contribution in [3.8, 4) is 0 Å². The summed E-state index contributed by atoms with van der Waals surface area (Å²) in [5, 5.41) is 9.76. The van der Waals surface area contributed by atoms with Gasteiger partial charge in [-0.1, -0.05) is 11.8 Å². The van der Waals surface area contributed by atoms with Crippen LogP contribution in [0.4, 0.5) is 5.69 Å². The highest BCUT2D eigenvalue weighted by Crippen LogP contribution is 2.50. The maximum Gasteiger partial charge on any atom is 0.335 e. The molecule has 0 spiro atoms. The highest BCUT2D eigenvalue weighted by atomic mass is 32.2. The molecule has 0 aromatic heterocycles. The molecule has 1 N–H and O–H groups in total. The summed E-state index contributed by atoms with van der Waals surface area (Å²) in [4.78, 5) is 17.5. The van der Waals surface area contributed by atoms with E-state index >= 15 is 0 Å². The number of hydrogen-bond donors (Lipinski definition) is 1. The number of piperidine rings is 1. The number of nitrogens with zero attached hydrogens (tertiary/aromatic N) is 2. The molecular weight excluding hydrogens is 336 g/mol. The normalized spacial score (nSPS) is 26.0. The average molecular weight is 362 g/mol. The Morgan fingerprint density at radius 1 is 1.20 bits per heavy atom. The average Bonchev–Trinajstić information content (AvgIpc) is 3.01. The van der Waals surface area contributed by atoms with E-state index in [9.17, 15) is 9.90 Å². The third kappa shape index (κ3) is 3.39. The van der Waals surface area contributed by atoms with E-state index in [2.05, 4.69) is 16.8 Å². The Morgan fingerprint density at radius 3 is 2.60 bits per heavy atom. The first kappa shape index (κ1) is 17.2. The van der Waals surface area contributed by atoms with Gasteiger partial charge in [-0.2, -0.15) is 0 Å². The molecule has 1 aromatic carbocycles. The van der Waals surface area contributed by atoms with Crippen LogP contribution < -0.4 is 4.90 Å². The van der Waals surface area contributed by atoms with Gasteiger partial charge in [0.2, 0.25) is 0 Å². The number of carboxylic acids is 1. The van der Waals surface area contributed by atoms with Gasteiger partial charge in [-0.05, 0) is 69.9 Å². The van der Waals surface area contributed by atoms with Crippen LogP contribution in [0.5, 0.6) is 0 Å². The number of rotatable bonds is 3. The van der Waals surface area contributed by atoms with Crippen molar-refractivity contribution in [3.63, 3.8) is 0 Å². The summed E-state index contributed by atoms with van der Waals surface area (Å²) in [7, 11) is 2.20. The molecular formula is C19H26N2O3S. The van der Waals surface area contributed by atoms with E-state index in [4.69, 9.17) is 4.74 Å². The van der Waals surface area contributed by atoms with Crippen LogP contribution in [-0.2, 0) is 4.74 Å². The standard InChI is InChI=1S/C19H26N2O3S/c1-20-8-4-13(5-9-20)18-21(15-6-10-24-11-7-15)16-3-2-14(19(22)23)12-17(16)25-18/h2-3,12-13,15,18H,4-11H2,1H3,(H,22,23). The number of anilines is 1. The summed E-state index contributed by atoms with van der Waals surface area (Å²) in [5.41, 5.74) is 1.62. The van der Waals surface area contributed by atoms with Gasteiger partial charge in [0.25, 0.3) is 0 Å². The van der Waals surface area contributed by atoms with E-state index < -0.39 is 5.97 Å². The second kappa shape index (κ2) is 7.17. The quantitative estimate of drug-likeness (QED) is 0.891. The van der Waals surface area contributed by atoms with Gasteiger partial charge in [-0.25, -0.2) is 4.79 Å². The van der Waals surface area contributed by atoms with E-state index in [1.54, 1.807) is 6.07 Å². The number of fused-ring (bicyclic) bond motifs is 1. The predicted molar refractivity (Wildman–Crippen MR) is 99.6 cm³/mol. The van der Waals surface area contributed by atoms with Gasteiger partial charge < -0.3 is 19.6 Å². The third-order valence-electron chi connectivity index (χ3n) is 5.76. The van der Waals surface area contributed by atoms with Crippen LogP contribution in [0, 0.1) is 5.92 Å². The lowest BCUT2D eigenvalue weighted by Gasteiger charge is -2.42. The summed E-state index contributed by atoms with van der Waals surface area (Å²) >= 11 is 1.88. The molecule has 6 heteroatoms. The van der Waals surface area contributed by atoms with Gasteiger partial charge in [0.1, 0.15) is 0 Å². The molecule has 1 aromatic rings. The fraction of sp³-hybridized carbons (Fsp3) is 0.632. The molecule has 1 unspecified atom stereocenters. The van der Waals surface area contributed by atoms with Crippen LogP contribution in [0.25, 0.3) is 0 Å². The molecule has 0 saturated carbocycles. The Balaban J connectivity index is 1.64. The van der Waals surface area contributed by atoms with Gasteiger partial charge in [0.05, 0.1) is 16.6 Å². The van der Waals surface area contributed by atoms with Crippen molar-refractivity contribution in [2.24, 2.45) is 5.92 Å². The van der Waals surface area contributed by atoms with Crippen LogP contribution in [0.3, 0.4) is 0 Å². The molecule has 5 nitrogen and oxygen atoms in total. The van der Waals surface area contributed by atoms with Crippen molar-refractivity contribution < 1.29 is 14.6 Å². The first-order valence-electron chi connectivity index (χ1n) is 9.22. The largest absolute Gasteiger partial charge is 0.478 e. The molecule has 4 rings (SSSR count). The Kier molecular flexibility index (Phi) is 4.93. The number of carboxylic acid groups (broad SMARTS) is 1. The molecule has 1 atom stereocenters. The lowest BCUT2D eigenvalue weighted by Crippen LogP contribution is -2.47. The molecule has 25 heavy (non-hydrogen) atoms. The van der Waals surface area contributed by atoms with Gasteiger partial charge in [-0.3, -0.25) is 0 Å². The van der Waals surface area contributed by atoms with Crippen molar-refractivity contribution in [2.75, 3.05) is 38.3 Å². The minimum atomic E-state index is -0.844. The Hall–Kier alpha value is -1.24. The molecule has 0 amide bonds. The SMILES string of the molecule is CN1CCC(C2Sc3cc(C(=O)O)ccc3N2C2CCOCC2)CC1. The van der Waals surface area contributed by atoms with Crippen LogP contribution in [0.15, 0.2) is 23.1 Å². The maximum atomic E-state index is 11.4. The fourth-order valence-corrected chi connectivity index (χ4v) is 5.90. The van der Waals surface area contributed by atoms with Crippen LogP contribution in [0.1, 0.15) is 36.0 Å². The van der Waals surface area contributed by atoms with Crippen molar-refractivity contribution in [3.05, 3.63) is 23.8 Å². The Labute approximate surface area is 153 Å². The maximum absolute atomic E-state index is 11.4. The summed E-state index contributed by atoms with van der Waals surface area (Å²) in [6, 6.07) is 6.15. The number of thioether (sulfide) groups is 1. The molecule has 3 aliphatic rings. The molecule has 136 valence electrons. The number of ether oxygens (including phenoxy) is 1. The molecule has 0 aliphatic carbocycles. The predicted octanol–water partition coefficient (Wildman–Crippen LogP) is 3.14. The number of carbonyl (C=O) groups is 1. The first-order chi connectivity index (χ1) is 12.1. The van der Waals surface area contributed by atoms with Crippen LogP contribution >= 0.6 is 11.8 Å². The van der Waals surface area contributed by atoms with E-state index in [-0.39, 0.29) is 0 Å². The zero-order valence-corrected chi connectivity index (χ0v) is 15.5. The molecule has 3 aliphatic heterocycles. The number of likely N-dealkylation sites (tertiary alicyclic amines) is 1. The zero-order valence-electron chi connectivity index (χ0n) is 14.7. The topological polar surface area (TPSA) is 53.0 Å². The highest BCUT2D eigenvalue weighted by molar-refractivity contribution is 8.00. The van der Waals surface area contributed by atoms with Gasteiger partial charge in [-0.15, -0.1) is 0 Å². The lowest BCUT2D eigenvalue weighted by atomic mass is 9.94. The van der Waals surface area contributed by atoms with Crippen molar-refractivity contribution in [1.29, 1.82) is 0 Å². The number of aromatic carboxylic acids is 1. The van der Waals surface area contributed by atoms with Gasteiger partial charge in [0.15, 0.2) is 0 Å². The van der Waals surface area contributed by atoms with E-state index in [1.807, 2.05) is 23.9 Å². The monoisotopic (exact) mass is 362 g/mol. The number of benzene rings is 1. The van der Waals surface area contributed by atoms with Gasteiger partial charge >= 0.3 is 5.97 Å². The summed E-state index contributed by atoms with van der Waals surface area (Å²) < 4.78 is 5.57. The van der Waals surface area contributed by atoms with Crippen molar-refractivity contribution >= 4 is 23.4 Å². The minimum absolute atomic E-state index is 0.391. The second-order valence-electron chi connectivity index (χ2n) is 7.39. The Morgan fingerprint density at radius 2 is 1.92 bits per heavy atom. The van der Waals surface area contributed by atoms with Crippen LogP contribution in [-0.4, -0.2) is 60.7 Å². The molecule has 0 bridgehead atoms. The molecule has 2 saturated heterocycles. The van der Waals surface area contributed by atoms with E-state index in [0.29, 0.717) is 22.9 Å². The minimum Gasteiger partial charge on any atom is -0.478 e. The first-order valence-corrected chi connectivity index (χ1v) is 10.1. The van der Waals surface area contributed by atoms with Gasteiger partial charge in [0, 0.05) is 24.2 Å². The summed E-state index contributed by atoms with van der Waals surface area (Å²) in [6.07, 6.45) is 4.55. The van der Waals surface area contributed by atoms with Crippen molar-refractivity contribution in [2.45, 2.75) is 42.0 Å². The summed E-state index contributed by atoms with van der Waals surface area (Å²) in [6.45, 7) is 3.96. The molecule has 3 heterocycles. The Bertz CT molecular complexity index is 640. The zero-order chi connectivity index (χ0) is 17.4. The molecule has 2 fully saturated rings. The third-order valence-corrected chi connectivity index (χ3v) is 7.19. The summed E-state index contributed by atoms with van der Waals surface area (Å²) in [5.74, 6) is -0.187. The molecule has 0 radical (unpaired) electrons. The number of hydrogen-bond acceptors (Lipinski definition) is 5. The second-order valence-corrected chi connectivity index (χ2v) is 8.55. The smallest absolute Gasteiger partial charge is 0.335 e. The lowest BCUT2D eigenvalue weighted by molar-refractivity contribution is 0.0696.